The van der Waals surface area contributed by atoms with Crippen molar-refractivity contribution in [1.82, 2.24) is 14.3 Å². The topological polar surface area (TPSA) is 64.0 Å². The number of aromatic nitrogens is 2. The van der Waals surface area contributed by atoms with Gasteiger partial charge < -0.3 is 4.57 Å². The van der Waals surface area contributed by atoms with Gasteiger partial charge in [0.05, 0.1) is 11.2 Å². The Morgan fingerprint density at radius 1 is 1.08 bits per heavy atom. The number of benzene rings is 2. The molecule has 3 rings (SSSR count). The number of rotatable bonds is 5. The van der Waals surface area contributed by atoms with Crippen molar-refractivity contribution in [3.8, 4) is 5.69 Å². The molecular weight excluding hydrogens is 329 g/mol. The van der Waals surface area contributed by atoms with Gasteiger partial charge in [0.25, 0.3) is 0 Å². The van der Waals surface area contributed by atoms with Crippen molar-refractivity contribution in [2.75, 3.05) is 0 Å². The minimum Gasteiger partial charge on any atom is -0.306 e. The Balaban J connectivity index is 1.76. The SMILES string of the molecule is CC(NS(=O)(=O)c1ccc(F)cc1)c1ccc(-n2ccnc2)cc1. The van der Waals surface area contributed by atoms with Crippen molar-refractivity contribution >= 4 is 10.0 Å². The van der Waals surface area contributed by atoms with Crippen LogP contribution < -0.4 is 4.72 Å². The molecule has 1 unspecified atom stereocenters. The molecule has 0 aliphatic heterocycles. The highest BCUT2D eigenvalue weighted by Crippen LogP contribution is 2.19. The van der Waals surface area contributed by atoms with Crippen molar-refractivity contribution in [3.63, 3.8) is 0 Å². The molecule has 0 bridgehead atoms. The van der Waals surface area contributed by atoms with E-state index >= 15 is 0 Å². The van der Waals surface area contributed by atoms with E-state index in [0.29, 0.717) is 0 Å². The molecule has 0 saturated carbocycles. The van der Waals surface area contributed by atoms with Gasteiger partial charge in [0.2, 0.25) is 10.0 Å². The standard InChI is InChI=1S/C17H16FN3O2S/c1-13(20-24(22,23)17-8-4-15(18)5-9-17)14-2-6-16(7-3-14)21-11-10-19-12-21/h2-13,20H,1H3. The van der Waals surface area contributed by atoms with Gasteiger partial charge in [-0.1, -0.05) is 12.1 Å². The molecule has 24 heavy (non-hydrogen) atoms. The molecule has 124 valence electrons. The summed E-state index contributed by atoms with van der Waals surface area (Å²) in [6, 6.07) is 11.8. The summed E-state index contributed by atoms with van der Waals surface area (Å²) in [5.74, 6) is -0.475. The predicted octanol–water partition coefficient (Wildman–Crippen LogP) is 3.05. The molecule has 0 amide bonds. The quantitative estimate of drug-likeness (QED) is 0.773. The van der Waals surface area contributed by atoms with E-state index in [2.05, 4.69) is 9.71 Å². The van der Waals surface area contributed by atoms with Gasteiger partial charge >= 0.3 is 0 Å². The lowest BCUT2D eigenvalue weighted by Gasteiger charge is -2.15. The van der Waals surface area contributed by atoms with E-state index in [1.54, 1.807) is 19.4 Å². The van der Waals surface area contributed by atoms with E-state index in [4.69, 9.17) is 0 Å². The Hall–Kier alpha value is -2.51. The lowest BCUT2D eigenvalue weighted by atomic mass is 10.1. The van der Waals surface area contributed by atoms with E-state index in [0.717, 1.165) is 23.4 Å². The number of halogens is 1. The maximum Gasteiger partial charge on any atom is 0.241 e. The van der Waals surface area contributed by atoms with Crippen LogP contribution >= 0.6 is 0 Å². The number of sulfonamides is 1. The zero-order chi connectivity index (χ0) is 17.2. The van der Waals surface area contributed by atoms with E-state index in [1.165, 1.54) is 12.1 Å². The summed E-state index contributed by atoms with van der Waals surface area (Å²) in [4.78, 5) is 4.02. The first-order valence-corrected chi connectivity index (χ1v) is 8.80. The van der Waals surface area contributed by atoms with Crippen LogP contribution in [-0.4, -0.2) is 18.0 Å². The van der Waals surface area contributed by atoms with Gasteiger partial charge in [0, 0.05) is 24.1 Å². The van der Waals surface area contributed by atoms with E-state index in [1.807, 2.05) is 35.0 Å². The van der Waals surface area contributed by atoms with E-state index in [-0.39, 0.29) is 4.90 Å². The molecule has 3 aromatic rings. The summed E-state index contributed by atoms with van der Waals surface area (Å²) < 4.78 is 42.1. The smallest absolute Gasteiger partial charge is 0.241 e. The molecule has 0 radical (unpaired) electrons. The molecule has 1 atom stereocenters. The average Bonchev–Trinajstić information content (AvgIpc) is 3.09. The number of hydrogen-bond donors (Lipinski definition) is 1. The summed E-state index contributed by atoms with van der Waals surface area (Å²) in [6.45, 7) is 1.76. The van der Waals surface area contributed by atoms with Crippen LogP contribution in [0.5, 0.6) is 0 Å². The zero-order valence-corrected chi connectivity index (χ0v) is 13.7. The maximum absolute atomic E-state index is 12.9. The molecule has 0 saturated heterocycles. The molecule has 1 N–H and O–H groups in total. The van der Waals surface area contributed by atoms with Crippen LogP contribution in [0.3, 0.4) is 0 Å². The first-order valence-electron chi connectivity index (χ1n) is 7.32. The summed E-state index contributed by atoms with van der Waals surface area (Å²) in [5.41, 5.74) is 1.76. The Morgan fingerprint density at radius 2 is 1.75 bits per heavy atom. The number of nitrogens with zero attached hydrogens (tertiary/aromatic N) is 2. The Morgan fingerprint density at radius 3 is 2.33 bits per heavy atom. The molecule has 0 spiro atoms. The fourth-order valence-electron chi connectivity index (χ4n) is 2.33. The fraction of sp³-hybridized carbons (Fsp3) is 0.118. The van der Waals surface area contributed by atoms with Crippen molar-refractivity contribution < 1.29 is 12.8 Å². The van der Waals surface area contributed by atoms with Crippen LogP contribution in [0, 0.1) is 5.82 Å². The molecule has 0 aliphatic rings. The molecule has 1 heterocycles. The molecule has 7 heteroatoms. The molecule has 0 aliphatic carbocycles. The minimum absolute atomic E-state index is 0.0331. The lowest BCUT2D eigenvalue weighted by molar-refractivity contribution is 0.566. The van der Waals surface area contributed by atoms with Crippen LogP contribution in [0.2, 0.25) is 0 Å². The highest BCUT2D eigenvalue weighted by molar-refractivity contribution is 7.89. The second-order valence-electron chi connectivity index (χ2n) is 5.36. The lowest BCUT2D eigenvalue weighted by Crippen LogP contribution is -2.26. The maximum atomic E-state index is 12.9. The second kappa shape index (κ2) is 6.54. The molecule has 1 aromatic heterocycles. The van der Waals surface area contributed by atoms with Crippen LogP contribution in [0.4, 0.5) is 4.39 Å². The number of nitrogens with one attached hydrogen (secondary N) is 1. The number of hydrogen-bond acceptors (Lipinski definition) is 3. The first-order chi connectivity index (χ1) is 11.5. The summed E-state index contributed by atoms with van der Waals surface area (Å²) >= 11 is 0. The Bertz CT molecular complexity index is 905. The van der Waals surface area contributed by atoms with Crippen LogP contribution in [0.25, 0.3) is 5.69 Å². The second-order valence-corrected chi connectivity index (χ2v) is 7.07. The van der Waals surface area contributed by atoms with Gasteiger partial charge in [-0.15, -0.1) is 0 Å². The normalized spacial score (nSPS) is 12.9. The van der Waals surface area contributed by atoms with Crippen LogP contribution in [0.1, 0.15) is 18.5 Å². The average molecular weight is 345 g/mol. The third-order valence-corrected chi connectivity index (χ3v) is 5.21. The van der Waals surface area contributed by atoms with Gasteiger partial charge in [-0.25, -0.2) is 22.5 Å². The third kappa shape index (κ3) is 3.52. The molecular formula is C17H16FN3O2S. The highest BCUT2D eigenvalue weighted by Gasteiger charge is 2.18. The first kappa shape index (κ1) is 16.4. The van der Waals surface area contributed by atoms with Gasteiger partial charge in [-0.3, -0.25) is 0 Å². The highest BCUT2D eigenvalue weighted by atomic mass is 32.2. The monoisotopic (exact) mass is 345 g/mol. The third-order valence-electron chi connectivity index (χ3n) is 3.65. The Labute approximate surface area is 139 Å². The largest absolute Gasteiger partial charge is 0.306 e. The minimum atomic E-state index is -3.71. The van der Waals surface area contributed by atoms with Crippen LogP contribution in [-0.2, 0) is 10.0 Å². The van der Waals surface area contributed by atoms with Crippen molar-refractivity contribution in [3.05, 3.63) is 78.6 Å². The van der Waals surface area contributed by atoms with Crippen molar-refractivity contribution in [1.29, 1.82) is 0 Å². The molecule has 2 aromatic carbocycles. The summed E-state index contributed by atoms with van der Waals surface area (Å²) in [6.07, 6.45) is 5.21. The van der Waals surface area contributed by atoms with Gasteiger partial charge in [0.15, 0.2) is 0 Å². The summed E-state index contributed by atoms with van der Waals surface area (Å²) in [5, 5.41) is 0. The number of imidazole rings is 1. The summed E-state index contributed by atoms with van der Waals surface area (Å²) in [7, 11) is -3.71. The van der Waals surface area contributed by atoms with E-state index in [9.17, 15) is 12.8 Å². The van der Waals surface area contributed by atoms with Gasteiger partial charge in [-0.05, 0) is 48.9 Å². The molecule has 5 nitrogen and oxygen atoms in total. The van der Waals surface area contributed by atoms with E-state index < -0.39 is 21.9 Å². The zero-order valence-electron chi connectivity index (χ0n) is 12.9. The molecule has 0 fully saturated rings. The Kier molecular flexibility index (Phi) is 4.46. The fourth-order valence-corrected chi connectivity index (χ4v) is 3.56. The van der Waals surface area contributed by atoms with Crippen molar-refractivity contribution in [2.24, 2.45) is 0 Å². The predicted molar refractivity (Wildman–Crippen MR) is 88.7 cm³/mol. The van der Waals surface area contributed by atoms with Crippen molar-refractivity contribution in [2.45, 2.75) is 17.9 Å². The van der Waals surface area contributed by atoms with Crippen LogP contribution in [0.15, 0.2) is 72.1 Å². The van der Waals surface area contributed by atoms with Gasteiger partial charge in [-0.2, -0.15) is 0 Å². The van der Waals surface area contributed by atoms with Gasteiger partial charge in [0.1, 0.15) is 5.82 Å².